The highest BCUT2D eigenvalue weighted by Crippen LogP contribution is 2.32. The number of para-hydroxylation sites is 1. The lowest BCUT2D eigenvalue weighted by Crippen LogP contribution is -2.43. The number of benzene rings is 2. The fraction of sp³-hybridized carbons (Fsp3) is 0.318. The van der Waals surface area contributed by atoms with Gasteiger partial charge in [-0.3, -0.25) is 19.4 Å². The molecule has 2 aromatic rings. The van der Waals surface area contributed by atoms with E-state index in [1.807, 2.05) is 37.3 Å². The Kier molecular flexibility index (Phi) is 5.07. The summed E-state index contributed by atoms with van der Waals surface area (Å²) >= 11 is 0. The van der Waals surface area contributed by atoms with E-state index in [1.165, 1.54) is 5.01 Å². The summed E-state index contributed by atoms with van der Waals surface area (Å²) in [6.07, 6.45) is 0. The number of amides is 3. The van der Waals surface area contributed by atoms with Crippen LogP contribution in [0.25, 0.3) is 0 Å². The van der Waals surface area contributed by atoms with Crippen LogP contribution in [-0.2, 0) is 14.4 Å². The second-order valence-electron chi connectivity index (χ2n) is 7.81. The fourth-order valence-corrected chi connectivity index (χ4v) is 3.67. The zero-order valence-corrected chi connectivity index (χ0v) is 17.1. The first-order valence-corrected chi connectivity index (χ1v) is 9.87. The predicted octanol–water partition coefficient (Wildman–Crippen LogP) is 3.05. The molecule has 2 aliphatic rings. The third kappa shape index (κ3) is 3.45. The van der Waals surface area contributed by atoms with Crippen molar-refractivity contribution in [1.29, 1.82) is 0 Å². The summed E-state index contributed by atoms with van der Waals surface area (Å²) in [7, 11) is 0. The minimum atomic E-state index is -0.923. The number of anilines is 2. The zero-order valence-electron chi connectivity index (χ0n) is 17.1. The number of imide groups is 1. The highest BCUT2D eigenvalue weighted by molar-refractivity contribution is 6.25. The van der Waals surface area contributed by atoms with E-state index < -0.39 is 23.9 Å². The lowest BCUT2D eigenvalue weighted by molar-refractivity contribution is -0.123. The van der Waals surface area contributed by atoms with Gasteiger partial charge in [-0.05, 0) is 42.2 Å². The molecule has 1 N–H and O–H groups in total. The molecule has 3 amide bonds. The van der Waals surface area contributed by atoms with Gasteiger partial charge in [-0.2, -0.15) is 5.11 Å². The largest absolute Gasteiger partial charge is 0.324 e. The van der Waals surface area contributed by atoms with Gasteiger partial charge in [-0.15, -0.1) is 0 Å². The van der Waals surface area contributed by atoms with Crippen molar-refractivity contribution in [1.82, 2.24) is 5.01 Å². The van der Waals surface area contributed by atoms with Crippen molar-refractivity contribution in [3.05, 3.63) is 59.7 Å². The van der Waals surface area contributed by atoms with Crippen molar-refractivity contribution in [2.75, 3.05) is 16.8 Å². The molecule has 1 fully saturated rings. The van der Waals surface area contributed by atoms with Crippen molar-refractivity contribution >= 4 is 29.1 Å². The maximum Gasteiger partial charge on any atom is 0.263 e. The number of nitrogens with one attached hydrogen (secondary N) is 1. The maximum absolute atomic E-state index is 13.0. The van der Waals surface area contributed by atoms with Crippen LogP contribution in [0.15, 0.2) is 58.9 Å². The maximum atomic E-state index is 13.0. The molecule has 2 heterocycles. The molecule has 1 saturated heterocycles. The smallest absolute Gasteiger partial charge is 0.263 e. The Morgan fingerprint density at radius 2 is 1.77 bits per heavy atom. The van der Waals surface area contributed by atoms with Crippen LogP contribution in [0.2, 0.25) is 0 Å². The molecule has 2 aliphatic heterocycles. The van der Waals surface area contributed by atoms with E-state index in [0.29, 0.717) is 17.3 Å². The number of hydrogen-bond acceptors (Lipinski definition) is 6. The van der Waals surface area contributed by atoms with E-state index in [1.54, 1.807) is 18.2 Å². The molecule has 8 heteroatoms. The first-order chi connectivity index (χ1) is 14.4. The van der Waals surface area contributed by atoms with Crippen LogP contribution in [0.3, 0.4) is 0 Å². The van der Waals surface area contributed by atoms with Gasteiger partial charge in [0.25, 0.3) is 11.8 Å². The third-order valence-electron chi connectivity index (χ3n) is 5.40. The molecule has 0 radical (unpaired) electrons. The Labute approximate surface area is 174 Å². The van der Waals surface area contributed by atoms with E-state index >= 15 is 0 Å². The number of carbonyl (C=O) groups excluding carboxylic acids is 3. The molecular formula is C22H23N5O3. The zero-order chi connectivity index (χ0) is 21.4. The predicted molar refractivity (Wildman–Crippen MR) is 112 cm³/mol. The van der Waals surface area contributed by atoms with Crippen LogP contribution in [0.5, 0.6) is 0 Å². The minimum absolute atomic E-state index is 0.169. The summed E-state index contributed by atoms with van der Waals surface area (Å²) in [4.78, 5) is 39.5. The second kappa shape index (κ2) is 7.70. The first-order valence-electron chi connectivity index (χ1n) is 9.87. The quantitative estimate of drug-likeness (QED) is 0.774. The summed E-state index contributed by atoms with van der Waals surface area (Å²) in [5.74, 6) is -0.827. The minimum Gasteiger partial charge on any atom is -0.324 e. The molecule has 2 atom stereocenters. The molecular weight excluding hydrogens is 382 g/mol. The molecule has 0 spiro atoms. The van der Waals surface area contributed by atoms with Crippen molar-refractivity contribution < 1.29 is 14.4 Å². The number of fused-ring (bicyclic) bond motifs is 1. The van der Waals surface area contributed by atoms with Crippen LogP contribution in [0.1, 0.15) is 30.9 Å². The summed E-state index contributed by atoms with van der Waals surface area (Å²) in [6, 6.07) is 12.9. The lowest BCUT2D eigenvalue weighted by Gasteiger charge is -2.20. The van der Waals surface area contributed by atoms with E-state index in [4.69, 9.17) is 0 Å². The summed E-state index contributed by atoms with van der Waals surface area (Å²) < 4.78 is 0. The van der Waals surface area contributed by atoms with Gasteiger partial charge in [0.05, 0.1) is 5.69 Å². The molecule has 30 heavy (non-hydrogen) atoms. The van der Waals surface area contributed by atoms with Gasteiger partial charge in [-0.25, -0.2) is 4.90 Å². The summed E-state index contributed by atoms with van der Waals surface area (Å²) in [5.41, 5.74) is 3.24. The third-order valence-corrected chi connectivity index (χ3v) is 5.40. The van der Waals surface area contributed by atoms with Crippen molar-refractivity contribution in [2.24, 2.45) is 10.3 Å². The average molecular weight is 405 g/mol. The van der Waals surface area contributed by atoms with E-state index in [0.717, 1.165) is 16.0 Å². The Bertz CT molecular complexity index is 1030. The van der Waals surface area contributed by atoms with E-state index in [-0.39, 0.29) is 12.5 Å². The van der Waals surface area contributed by atoms with Crippen LogP contribution in [-0.4, -0.2) is 41.4 Å². The highest BCUT2D eigenvalue weighted by Gasteiger charge is 2.55. The molecule has 0 aliphatic carbocycles. The topological polar surface area (TPSA) is 94.4 Å². The Hall–Kier alpha value is -3.55. The Morgan fingerprint density at radius 1 is 1.07 bits per heavy atom. The average Bonchev–Trinajstić information content (AvgIpc) is 3.23. The van der Waals surface area contributed by atoms with Crippen LogP contribution in [0, 0.1) is 6.92 Å². The number of carbonyl (C=O) groups is 3. The van der Waals surface area contributed by atoms with Gasteiger partial charge in [0.1, 0.15) is 6.54 Å². The molecule has 0 saturated carbocycles. The second-order valence-corrected chi connectivity index (χ2v) is 7.81. The van der Waals surface area contributed by atoms with Crippen LogP contribution >= 0.6 is 0 Å². The SMILES string of the molecule is Cc1ccccc1NC(=O)CN1N=N[C@@H]2C(=O)N(c3ccc(C(C)C)cc3)C(=O)[C@@H]21. The van der Waals surface area contributed by atoms with Gasteiger partial charge in [0, 0.05) is 5.69 Å². The molecule has 8 nitrogen and oxygen atoms in total. The first kappa shape index (κ1) is 19.8. The molecule has 0 bridgehead atoms. The summed E-state index contributed by atoms with van der Waals surface area (Å²) in [5, 5.41) is 12.0. The van der Waals surface area contributed by atoms with E-state index in [9.17, 15) is 14.4 Å². The van der Waals surface area contributed by atoms with Gasteiger partial charge in [0.2, 0.25) is 5.91 Å². The summed E-state index contributed by atoms with van der Waals surface area (Å²) in [6.45, 7) is 5.87. The van der Waals surface area contributed by atoms with Crippen molar-refractivity contribution in [3.63, 3.8) is 0 Å². The normalized spacial score (nSPS) is 20.3. The van der Waals surface area contributed by atoms with Gasteiger partial charge < -0.3 is 5.32 Å². The number of rotatable bonds is 5. The van der Waals surface area contributed by atoms with Gasteiger partial charge >= 0.3 is 0 Å². The van der Waals surface area contributed by atoms with Crippen molar-refractivity contribution in [3.8, 4) is 0 Å². The lowest BCUT2D eigenvalue weighted by atomic mass is 10.0. The number of nitrogens with zero attached hydrogens (tertiary/aromatic N) is 4. The molecule has 154 valence electrons. The number of hydrogen-bond donors (Lipinski definition) is 1. The van der Waals surface area contributed by atoms with Crippen molar-refractivity contribution in [2.45, 2.75) is 38.8 Å². The number of aryl methyl sites for hydroxylation is 1. The van der Waals surface area contributed by atoms with Crippen LogP contribution in [0.4, 0.5) is 11.4 Å². The monoisotopic (exact) mass is 405 g/mol. The fourth-order valence-electron chi connectivity index (χ4n) is 3.67. The molecule has 0 unspecified atom stereocenters. The standard InChI is InChI=1S/C22H23N5O3/c1-13(2)15-8-10-16(11-9-15)27-21(29)19-20(22(27)30)26(25-24-19)12-18(28)23-17-7-5-4-6-14(17)3/h4-11,13,19-20H,12H2,1-3H3,(H,23,28)/t19-,20+/m0/s1. The molecule has 2 aromatic carbocycles. The molecule has 0 aromatic heterocycles. The Morgan fingerprint density at radius 3 is 2.43 bits per heavy atom. The highest BCUT2D eigenvalue weighted by atomic mass is 16.2. The van der Waals surface area contributed by atoms with Gasteiger partial charge in [-0.1, -0.05) is 49.4 Å². The van der Waals surface area contributed by atoms with Crippen LogP contribution < -0.4 is 10.2 Å². The van der Waals surface area contributed by atoms with E-state index in [2.05, 4.69) is 29.5 Å². The Balaban J connectivity index is 1.49. The molecule has 4 rings (SSSR count). The van der Waals surface area contributed by atoms with Gasteiger partial charge in [0.15, 0.2) is 12.1 Å².